The Labute approximate surface area is 686 Å². The molecule has 6 heterocycles. The third kappa shape index (κ3) is 14.3. The van der Waals surface area contributed by atoms with Gasteiger partial charge in [0, 0.05) is 105 Å². The molecule has 16 aromatic carbocycles. The zero-order chi connectivity index (χ0) is 78.0. The third-order valence-corrected chi connectivity index (χ3v) is 22.3. The van der Waals surface area contributed by atoms with Crippen molar-refractivity contribution in [2.24, 2.45) is 0 Å². The van der Waals surface area contributed by atoms with Gasteiger partial charge in [0.2, 0.25) is 0 Å². The van der Waals surface area contributed by atoms with Gasteiger partial charge in [0.1, 0.15) is 0 Å². The van der Waals surface area contributed by atoms with E-state index in [4.69, 9.17) is 19.9 Å². The number of nitrogens with one attached hydrogen (secondary N) is 1. The van der Waals surface area contributed by atoms with Gasteiger partial charge in [-0.2, -0.15) is 0 Å². The highest BCUT2D eigenvalue weighted by molar-refractivity contribution is 9.10. The van der Waals surface area contributed by atoms with E-state index >= 15 is 0 Å². The van der Waals surface area contributed by atoms with E-state index in [0.29, 0.717) is 11.6 Å². The lowest BCUT2D eigenvalue weighted by Gasteiger charge is -2.15. The summed E-state index contributed by atoms with van der Waals surface area (Å²) >= 11 is 3.61. The Hall–Kier alpha value is -15.2. The monoisotopic (exact) mass is 1560 g/mol. The highest BCUT2D eigenvalue weighted by atomic mass is 79.9. The summed E-state index contributed by atoms with van der Waals surface area (Å²) in [6.45, 7) is 0. The zero-order valence-corrected chi connectivity index (χ0v) is 65.2. The van der Waals surface area contributed by atoms with Crippen LogP contribution in [0, 0.1) is 0 Å². The minimum atomic E-state index is 0.688. The van der Waals surface area contributed by atoms with Gasteiger partial charge in [-0.05, 0) is 154 Å². The molecule has 0 amide bonds. The number of fused-ring (bicyclic) bond motifs is 10. The lowest BCUT2D eigenvalue weighted by atomic mass is 9.98. The molecule has 117 heavy (non-hydrogen) atoms. The van der Waals surface area contributed by atoms with Crippen molar-refractivity contribution in [3.63, 3.8) is 0 Å². The van der Waals surface area contributed by atoms with Crippen molar-refractivity contribution in [1.29, 1.82) is 0 Å². The number of aromatic amines is 1. The van der Waals surface area contributed by atoms with E-state index in [0.717, 1.165) is 94.2 Å². The SMILES string of the molecule is Brc1cc(-c2ccccc2)cc(-c2ccccc2)c1.c1ccc(-c2cc(-c3ccccc3)cc(-n3c4ccccc4c4ccc5c(ccn5-c5cccc(-c6nc(-c7ccccc7)cc(-c7ccccc7)n6)c5)c43)c2)cc1.c1ccc(-c2cc(-c3ccccc3)nc(-c3cccc(-n4ccc5c6[nH]c7ccccc7c6ccc54)c3)n2)cc1. The largest absolute Gasteiger partial charge is 0.354 e. The predicted molar refractivity (Wildman–Crippen MR) is 490 cm³/mol. The van der Waals surface area contributed by atoms with Gasteiger partial charge in [-0.3, -0.25) is 0 Å². The highest BCUT2D eigenvalue weighted by Crippen LogP contribution is 2.42. The van der Waals surface area contributed by atoms with Crippen molar-refractivity contribution in [2.45, 2.75) is 0 Å². The van der Waals surface area contributed by atoms with Gasteiger partial charge in [-0.25, -0.2) is 19.9 Å². The van der Waals surface area contributed by atoms with Gasteiger partial charge in [0.15, 0.2) is 11.6 Å². The molecule has 0 aliphatic heterocycles. The molecule has 0 fully saturated rings. The van der Waals surface area contributed by atoms with Crippen molar-refractivity contribution in [3.05, 3.63) is 442 Å². The second-order valence-corrected chi connectivity index (χ2v) is 30.1. The van der Waals surface area contributed by atoms with Gasteiger partial charge in [0.25, 0.3) is 0 Å². The number of H-pyrrole nitrogens is 1. The first-order chi connectivity index (χ1) is 57.9. The van der Waals surface area contributed by atoms with E-state index in [2.05, 4.69) is 411 Å². The fourth-order valence-corrected chi connectivity index (χ4v) is 16.7. The molecule has 0 spiro atoms. The maximum Gasteiger partial charge on any atom is 0.160 e. The Morgan fingerprint density at radius 2 is 0.556 bits per heavy atom. The number of hydrogen-bond acceptors (Lipinski definition) is 4. The Morgan fingerprint density at radius 3 is 0.991 bits per heavy atom. The van der Waals surface area contributed by atoms with Gasteiger partial charge in [0.05, 0.1) is 50.4 Å². The van der Waals surface area contributed by atoms with Crippen molar-refractivity contribution >= 4 is 81.3 Å². The van der Waals surface area contributed by atoms with Crippen molar-refractivity contribution in [3.8, 4) is 129 Å². The molecule has 22 rings (SSSR count). The fourth-order valence-electron chi connectivity index (χ4n) is 16.2. The summed E-state index contributed by atoms with van der Waals surface area (Å²) in [5.41, 5.74) is 29.6. The summed E-state index contributed by atoms with van der Waals surface area (Å²) in [6.07, 6.45) is 4.34. The number of nitrogens with zero attached hydrogens (tertiary/aromatic N) is 7. The second-order valence-electron chi connectivity index (χ2n) is 29.2. The quantitative estimate of drug-likeness (QED) is 0.125. The molecule has 22 aromatic rings. The van der Waals surface area contributed by atoms with Crippen LogP contribution in [-0.2, 0) is 0 Å². The summed E-state index contributed by atoms with van der Waals surface area (Å²) in [5.74, 6) is 1.39. The van der Waals surface area contributed by atoms with Gasteiger partial charge < -0.3 is 18.7 Å². The van der Waals surface area contributed by atoms with E-state index < -0.39 is 0 Å². The average Bonchev–Trinajstić information content (AvgIpc) is 1.57. The molecule has 0 aliphatic carbocycles. The number of aromatic nitrogens is 8. The predicted octanol–water partition coefficient (Wildman–Crippen LogP) is 28.7. The molecule has 0 aliphatic rings. The Morgan fingerprint density at radius 1 is 0.214 bits per heavy atom. The third-order valence-electron chi connectivity index (χ3n) is 21.8. The fraction of sp³-hybridized carbons (Fsp3) is 0. The van der Waals surface area contributed by atoms with Crippen LogP contribution >= 0.6 is 15.9 Å². The van der Waals surface area contributed by atoms with Crippen LogP contribution in [0.15, 0.2) is 442 Å². The lowest BCUT2D eigenvalue weighted by Crippen LogP contribution is -1.98. The van der Waals surface area contributed by atoms with E-state index in [1.165, 1.54) is 93.4 Å². The molecule has 9 heteroatoms. The topological polar surface area (TPSA) is 82.1 Å². The van der Waals surface area contributed by atoms with E-state index in [1.807, 2.05) is 60.7 Å². The second kappa shape index (κ2) is 31.4. The maximum atomic E-state index is 5.13. The maximum absolute atomic E-state index is 5.13. The molecular weight excluding hydrogens is 1490 g/mol. The molecule has 8 nitrogen and oxygen atoms in total. The van der Waals surface area contributed by atoms with E-state index in [9.17, 15) is 0 Å². The first-order valence-electron chi connectivity index (χ1n) is 39.3. The minimum absolute atomic E-state index is 0.688. The Balaban J connectivity index is 0.000000128. The van der Waals surface area contributed by atoms with Gasteiger partial charge >= 0.3 is 0 Å². The van der Waals surface area contributed by atoms with E-state index in [-0.39, 0.29) is 0 Å². The number of halogens is 1. The van der Waals surface area contributed by atoms with Crippen LogP contribution in [0.25, 0.3) is 195 Å². The van der Waals surface area contributed by atoms with Crippen molar-refractivity contribution in [1.82, 2.24) is 38.6 Å². The summed E-state index contributed by atoms with van der Waals surface area (Å²) < 4.78 is 8.09. The van der Waals surface area contributed by atoms with Crippen molar-refractivity contribution in [2.75, 3.05) is 0 Å². The molecule has 1 N–H and O–H groups in total. The van der Waals surface area contributed by atoms with E-state index in [1.54, 1.807) is 0 Å². The summed E-state index contributed by atoms with van der Waals surface area (Å²) in [4.78, 5) is 23.9. The summed E-state index contributed by atoms with van der Waals surface area (Å²) in [7, 11) is 0. The summed E-state index contributed by atoms with van der Waals surface area (Å²) in [6, 6.07) is 149. The first kappa shape index (κ1) is 70.9. The molecular formula is C108H73BrN8. The smallest absolute Gasteiger partial charge is 0.160 e. The van der Waals surface area contributed by atoms with Gasteiger partial charge in [-0.15, -0.1) is 0 Å². The van der Waals surface area contributed by atoms with Crippen molar-refractivity contribution < 1.29 is 0 Å². The van der Waals surface area contributed by atoms with Gasteiger partial charge in [-0.1, -0.05) is 331 Å². The molecule has 552 valence electrons. The Kier molecular flexibility index (Phi) is 19.0. The Bertz CT molecular complexity index is 7120. The van der Waals surface area contributed by atoms with Crippen LogP contribution in [0.5, 0.6) is 0 Å². The van der Waals surface area contributed by atoms with Crippen LogP contribution < -0.4 is 0 Å². The van der Waals surface area contributed by atoms with Crippen LogP contribution in [-0.4, -0.2) is 38.6 Å². The average molecular weight is 1560 g/mol. The van der Waals surface area contributed by atoms with Crippen LogP contribution in [0.2, 0.25) is 0 Å². The lowest BCUT2D eigenvalue weighted by molar-refractivity contribution is 1.12. The molecule has 6 aromatic heterocycles. The first-order valence-corrected chi connectivity index (χ1v) is 40.1. The number of benzene rings is 16. The van der Waals surface area contributed by atoms with Crippen LogP contribution in [0.3, 0.4) is 0 Å². The molecule has 0 saturated heterocycles. The molecule has 0 bridgehead atoms. The number of para-hydroxylation sites is 2. The summed E-state index contributed by atoms with van der Waals surface area (Å²) in [5, 5.41) is 7.32. The number of rotatable bonds is 13. The minimum Gasteiger partial charge on any atom is -0.354 e. The molecule has 0 saturated carbocycles. The highest BCUT2D eigenvalue weighted by Gasteiger charge is 2.21. The normalized spacial score (nSPS) is 11.3. The zero-order valence-electron chi connectivity index (χ0n) is 63.6. The number of hydrogen-bond donors (Lipinski definition) is 1. The molecule has 0 radical (unpaired) electrons. The van der Waals surface area contributed by atoms with Crippen LogP contribution in [0.1, 0.15) is 0 Å². The standard InChI is InChI=1S/C54H36N4.C36H24N4.C18H13Br/c1-5-16-37(17-6-1)42-32-43(38-18-7-2-8-19-38)35-45(34-42)58-52-27-14-13-26-46(52)47-28-29-51-48(53(47)58)30-31-57(51)44-25-15-24-41(33-44)54-55-49(39-20-9-3-10-21-39)36-50(56-54)40-22-11-4-12-23-40;1-3-10-24(11-4-1)32-23-33(25-12-5-2-6-13-25)39-36(38-32)26-14-9-15-27(22-26)40-21-20-30-34(40)19-18-29-28-16-7-8-17-31(28)37-35(29)30;19-18-12-16(14-7-3-1-4-8-14)11-17(13-18)15-9-5-2-6-10-15/h1-36H;1-23,37H;1-13H. The van der Waals surface area contributed by atoms with Crippen LogP contribution in [0.4, 0.5) is 0 Å². The molecule has 0 atom stereocenters. The molecule has 0 unspecified atom stereocenters.